The Morgan fingerprint density at radius 1 is 1.35 bits per heavy atom. The summed E-state index contributed by atoms with van der Waals surface area (Å²) in [4.78, 5) is 14.5. The molecule has 8 heteroatoms. The topological polar surface area (TPSA) is 87.2 Å². The predicted molar refractivity (Wildman–Crippen MR) is 86.4 cm³/mol. The molecule has 0 radical (unpaired) electrons. The number of nitrogens with zero attached hydrogens (tertiary/aromatic N) is 2. The fourth-order valence-corrected chi connectivity index (χ4v) is 4.58. The Labute approximate surface area is 138 Å². The van der Waals surface area contributed by atoms with Crippen molar-refractivity contribution < 1.29 is 23.1 Å². The summed E-state index contributed by atoms with van der Waals surface area (Å²) in [6.07, 6.45) is 1.02. The molecule has 2 heterocycles. The Balaban J connectivity index is 2.07. The molecule has 0 bridgehead atoms. The third kappa shape index (κ3) is 4.43. The highest BCUT2D eigenvalue weighted by molar-refractivity contribution is 7.89. The first kappa shape index (κ1) is 18.6. The number of ether oxygens (including phenoxy) is 1. The Kier molecular flexibility index (Phi) is 5.71. The second kappa shape index (κ2) is 7.04. The van der Waals surface area contributed by atoms with Gasteiger partial charge in [-0.15, -0.1) is 0 Å². The number of hydrogen-bond donors (Lipinski definition) is 1. The van der Waals surface area contributed by atoms with Crippen LogP contribution in [0.5, 0.6) is 0 Å². The van der Waals surface area contributed by atoms with Gasteiger partial charge >= 0.3 is 0 Å². The first-order valence-electron chi connectivity index (χ1n) is 8.24. The molecule has 0 aromatic heterocycles. The predicted octanol–water partition coefficient (Wildman–Crippen LogP) is 0.0464. The molecule has 2 unspecified atom stereocenters. The molecule has 1 amide bonds. The average molecular weight is 348 g/mol. The van der Waals surface area contributed by atoms with Crippen LogP contribution in [0.2, 0.25) is 0 Å². The maximum atomic E-state index is 12.8. The number of carbonyl (C=O) groups is 1. The molecular formula is C15H28N2O5S. The summed E-state index contributed by atoms with van der Waals surface area (Å²) in [5.41, 5.74) is -0.509. The number of sulfonamides is 1. The minimum atomic E-state index is -3.26. The number of hydrogen-bond acceptors (Lipinski definition) is 5. The van der Waals surface area contributed by atoms with E-state index in [9.17, 15) is 18.3 Å². The van der Waals surface area contributed by atoms with Gasteiger partial charge in [-0.25, -0.2) is 12.7 Å². The van der Waals surface area contributed by atoms with Crippen LogP contribution in [0.3, 0.4) is 0 Å². The van der Waals surface area contributed by atoms with Gasteiger partial charge in [-0.1, -0.05) is 0 Å². The molecule has 7 nitrogen and oxygen atoms in total. The average Bonchev–Trinajstić information content (AvgIpc) is 2.52. The Bertz CT molecular complexity index is 534. The molecule has 0 aromatic carbocycles. The van der Waals surface area contributed by atoms with Crippen LogP contribution in [-0.2, 0) is 19.6 Å². The first-order valence-corrected chi connectivity index (χ1v) is 9.84. The molecule has 0 aromatic rings. The number of piperidine rings is 1. The van der Waals surface area contributed by atoms with Crippen molar-refractivity contribution in [2.75, 3.05) is 38.5 Å². The summed E-state index contributed by atoms with van der Waals surface area (Å²) in [5.74, 6) is -0.278. The van der Waals surface area contributed by atoms with Crippen LogP contribution < -0.4 is 0 Å². The van der Waals surface area contributed by atoms with Crippen molar-refractivity contribution in [1.29, 1.82) is 0 Å². The molecule has 0 spiro atoms. The molecule has 0 aliphatic carbocycles. The van der Waals surface area contributed by atoms with E-state index in [1.54, 1.807) is 11.8 Å². The third-order valence-corrected chi connectivity index (χ3v) is 6.34. The smallest absolute Gasteiger partial charge is 0.227 e. The Hall–Kier alpha value is -0.700. The van der Waals surface area contributed by atoms with Crippen molar-refractivity contribution in [1.82, 2.24) is 9.21 Å². The van der Waals surface area contributed by atoms with Gasteiger partial charge in [0, 0.05) is 26.2 Å². The molecule has 2 atom stereocenters. The Morgan fingerprint density at radius 3 is 2.65 bits per heavy atom. The first-order chi connectivity index (χ1) is 10.7. The normalized spacial score (nSPS) is 29.5. The van der Waals surface area contributed by atoms with Crippen LogP contribution >= 0.6 is 0 Å². The van der Waals surface area contributed by atoms with Crippen LogP contribution in [0.15, 0.2) is 0 Å². The van der Waals surface area contributed by atoms with E-state index in [0.717, 1.165) is 0 Å². The fourth-order valence-electron chi connectivity index (χ4n) is 3.40. The standard InChI is InChI=1S/C15H28N2O5S/c1-4-23(20,21)17-7-5-6-12(8-17)14(19)16-9-13(10-18)22-15(2,3)11-16/h12-13,18H,4-11H2,1-3H3. The van der Waals surface area contributed by atoms with Gasteiger partial charge in [-0.3, -0.25) is 4.79 Å². The van der Waals surface area contributed by atoms with Gasteiger partial charge in [0.1, 0.15) is 0 Å². The summed E-state index contributed by atoms with van der Waals surface area (Å²) in [5, 5.41) is 9.36. The molecule has 2 fully saturated rings. The zero-order valence-electron chi connectivity index (χ0n) is 14.2. The molecule has 2 aliphatic rings. The van der Waals surface area contributed by atoms with Gasteiger partial charge in [-0.05, 0) is 33.6 Å². The lowest BCUT2D eigenvalue weighted by Crippen LogP contribution is -2.58. The highest BCUT2D eigenvalue weighted by Crippen LogP contribution is 2.26. The number of aliphatic hydroxyl groups excluding tert-OH is 1. The van der Waals surface area contributed by atoms with Crippen LogP contribution in [0.1, 0.15) is 33.6 Å². The zero-order chi connectivity index (χ0) is 17.3. The van der Waals surface area contributed by atoms with E-state index >= 15 is 0 Å². The second-order valence-electron chi connectivity index (χ2n) is 7.00. The summed E-state index contributed by atoms with van der Waals surface area (Å²) in [7, 11) is -3.26. The summed E-state index contributed by atoms with van der Waals surface area (Å²) < 4.78 is 31.3. The SMILES string of the molecule is CCS(=O)(=O)N1CCCC(C(=O)N2CC(CO)OC(C)(C)C2)C1. The molecule has 23 heavy (non-hydrogen) atoms. The highest BCUT2D eigenvalue weighted by atomic mass is 32.2. The highest BCUT2D eigenvalue weighted by Gasteiger charge is 2.39. The van der Waals surface area contributed by atoms with Crippen LogP contribution in [0.25, 0.3) is 0 Å². The van der Waals surface area contributed by atoms with Crippen molar-refractivity contribution in [2.24, 2.45) is 5.92 Å². The molecule has 1 N–H and O–H groups in total. The van der Waals surface area contributed by atoms with Gasteiger partial charge in [0.15, 0.2) is 0 Å². The van der Waals surface area contributed by atoms with Gasteiger partial charge in [0.2, 0.25) is 15.9 Å². The number of amides is 1. The molecule has 2 aliphatic heterocycles. The van der Waals surface area contributed by atoms with Crippen molar-refractivity contribution in [3.05, 3.63) is 0 Å². The third-order valence-electron chi connectivity index (χ3n) is 4.49. The van der Waals surface area contributed by atoms with E-state index in [4.69, 9.17) is 4.74 Å². The molecular weight excluding hydrogens is 320 g/mol. The minimum Gasteiger partial charge on any atom is -0.394 e. The van der Waals surface area contributed by atoms with Gasteiger partial charge in [0.25, 0.3) is 0 Å². The lowest BCUT2D eigenvalue weighted by atomic mass is 9.96. The minimum absolute atomic E-state index is 0.0316. The quantitative estimate of drug-likeness (QED) is 0.775. The van der Waals surface area contributed by atoms with Crippen LogP contribution in [0, 0.1) is 5.92 Å². The molecule has 2 saturated heterocycles. The summed E-state index contributed by atoms with van der Waals surface area (Å²) in [6.45, 7) is 6.85. The lowest BCUT2D eigenvalue weighted by molar-refractivity contribution is -0.170. The largest absolute Gasteiger partial charge is 0.394 e. The van der Waals surface area contributed by atoms with Crippen molar-refractivity contribution in [3.63, 3.8) is 0 Å². The van der Waals surface area contributed by atoms with E-state index in [1.807, 2.05) is 13.8 Å². The summed E-state index contributed by atoms with van der Waals surface area (Å²) >= 11 is 0. The number of aliphatic hydroxyl groups is 1. The van der Waals surface area contributed by atoms with Crippen molar-refractivity contribution in [2.45, 2.75) is 45.3 Å². The maximum Gasteiger partial charge on any atom is 0.227 e. The van der Waals surface area contributed by atoms with Crippen molar-refractivity contribution >= 4 is 15.9 Å². The maximum absolute atomic E-state index is 12.8. The van der Waals surface area contributed by atoms with Gasteiger partial charge in [-0.2, -0.15) is 0 Å². The Morgan fingerprint density at radius 2 is 2.04 bits per heavy atom. The van der Waals surface area contributed by atoms with Crippen molar-refractivity contribution in [3.8, 4) is 0 Å². The molecule has 134 valence electrons. The lowest BCUT2D eigenvalue weighted by Gasteiger charge is -2.44. The summed E-state index contributed by atoms with van der Waals surface area (Å²) in [6, 6.07) is 0. The van der Waals surface area contributed by atoms with Crippen LogP contribution in [0.4, 0.5) is 0 Å². The monoisotopic (exact) mass is 348 g/mol. The van der Waals surface area contributed by atoms with Crippen LogP contribution in [-0.4, -0.2) is 78.9 Å². The molecule has 2 rings (SSSR count). The van der Waals surface area contributed by atoms with E-state index in [1.165, 1.54) is 4.31 Å². The van der Waals surface area contributed by atoms with Gasteiger partial charge in [0.05, 0.1) is 30.0 Å². The van der Waals surface area contributed by atoms with E-state index < -0.39 is 15.6 Å². The zero-order valence-corrected chi connectivity index (χ0v) is 15.0. The number of rotatable bonds is 4. The second-order valence-corrected chi connectivity index (χ2v) is 9.26. The number of morpholine rings is 1. The fraction of sp³-hybridized carbons (Fsp3) is 0.933. The van der Waals surface area contributed by atoms with Gasteiger partial charge < -0.3 is 14.7 Å². The van der Waals surface area contributed by atoms with E-state index in [2.05, 4.69) is 0 Å². The number of carbonyl (C=O) groups excluding carboxylic acids is 1. The van der Waals surface area contributed by atoms with E-state index in [0.29, 0.717) is 32.5 Å². The van der Waals surface area contributed by atoms with E-state index in [-0.39, 0.29) is 36.8 Å². The molecule has 0 saturated carbocycles.